The summed E-state index contributed by atoms with van der Waals surface area (Å²) in [6.07, 6.45) is 2.73. The molecule has 2 aliphatic carbocycles. The van der Waals surface area contributed by atoms with Gasteiger partial charge in [0.05, 0.1) is 12.0 Å². The summed E-state index contributed by atoms with van der Waals surface area (Å²) in [5, 5.41) is 3.50. The molecule has 2 heterocycles. The van der Waals surface area contributed by atoms with Crippen LogP contribution in [-0.2, 0) is 4.79 Å². The molecule has 1 aromatic heterocycles. The Morgan fingerprint density at radius 1 is 0.800 bits per heavy atom. The Kier molecular flexibility index (Phi) is 3.69. The van der Waals surface area contributed by atoms with E-state index in [-0.39, 0.29) is 23.4 Å². The molecule has 1 aliphatic heterocycles. The fraction of sp³-hybridized carbons (Fsp3) is 0.154. The zero-order valence-corrected chi connectivity index (χ0v) is 16.2. The molecule has 4 heteroatoms. The first kappa shape index (κ1) is 17.2. The molecule has 0 saturated carbocycles. The van der Waals surface area contributed by atoms with Gasteiger partial charge in [0.15, 0.2) is 11.6 Å². The molecular formula is C26H19NO3. The van der Waals surface area contributed by atoms with Gasteiger partial charge in [0, 0.05) is 46.2 Å². The van der Waals surface area contributed by atoms with Gasteiger partial charge < -0.3 is 9.73 Å². The quantitative estimate of drug-likeness (QED) is 0.667. The molecule has 3 aromatic rings. The van der Waals surface area contributed by atoms with Crippen LogP contribution in [0, 0.1) is 0 Å². The van der Waals surface area contributed by atoms with E-state index in [4.69, 9.17) is 4.42 Å². The summed E-state index contributed by atoms with van der Waals surface area (Å²) in [6.45, 7) is 0. The predicted octanol–water partition coefficient (Wildman–Crippen LogP) is 4.97. The minimum Gasteiger partial charge on any atom is -0.469 e. The summed E-state index contributed by atoms with van der Waals surface area (Å²) in [5.74, 6) is 0.575. The molecule has 2 aromatic carbocycles. The Labute approximate surface area is 173 Å². The molecule has 0 fully saturated rings. The van der Waals surface area contributed by atoms with Crippen LogP contribution in [0.5, 0.6) is 0 Å². The SMILES string of the molecule is O=C1C[C@@H](c2ccco2)CC2=C1[C@@H](c1ccccc1)C1=C(N2)c2ccccc2C1=O. The van der Waals surface area contributed by atoms with Gasteiger partial charge in [0.25, 0.3) is 0 Å². The lowest BCUT2D eigenvalue weighted by atomic mass is 9.72. The molecular weight excluding hydrogens is 374 g/mol. The number of hydrogen-bond acceptors (Lipinski definition) is 4. The first-order valence-corrected chi connectivity index (χ1v) is 10.2. The minimum atomic E-state index is -0.345. The second-order valence-electron chi connectivity index (χ2n) is 8.07. The number of carbonyl (C=O) groups is 2. The van der Waals surface area contributed by atoms with Gasteiger partial charge in [-0.2, -0.15) is 0 Å². The Morgan fingerprint density at radius 2 is 1.57 bits per heavy atom. The van der Waals surface area contributed by atoms with Gasteiger partial charge >= 0.3 is 0 Å². The monoisotopic (exact) mass is 393 g/mol. The summed E-state index contributed by atoms with van der Waals surface area (Å²) in [6, 6.07) is 21.4. The van der Waals surface area contributed by atoms with E-state index in [9.17, 15) is 9.59 Å². The Morgan fingerprint density at radius 3 is 2.33 bits per heavy atom. The third-order valence-corrected chi connectivity index (χ3v) is 6.39. The number of ketones is 2. The highest BCUT2D eigenvalue weighted by atomic mass is 16.3. The van der Waals surface area contributed by atoms with E-state index in [1.165, 1.54) is 0 Å². The van der Waals surface area contributed by atoms with Crippen LogP contribution in [0.15, 0.2) is 94.3 Å². The van der Waals surface area contributed by atoms with Crippen LogP contribution in [0.1, 0.15) is 51.9 Å². The van der Waals surface area contributed by atoms with Gasteiger partial charge in [-0.15, -0.1) is 0 Å². The van der Waals surface area contributed by atoms with Crippen molar-refractivity contribution in [1.82, 2.24) is 5.32 Å². The molecule has 6 rings (SSSR count). The maximum Gasteiger partial charge on any atom is 0.192 e. The Bertz CT molecular complexity index is 1250. The lowest BCUT2D eigenvalue weighted by Gasteiger charge is -2.35. The third kappa shape index (κ3) is 2.40. The largest absolute Gasteiger partial charge is 0.469 e. The van der Waals surface area contributed by atoms with Crippen LogP contribution in [0.2, 0.25) is 0 Å². The number of hydrogen-bond donors (Lipinski definition) is 1. The maximum absolute atomic E-state index is 13.4. The fourth-order valence-electron chi connectivity index (χ4n) is 5.10. The van der Waals surface area contributed by atoms with Crippen molar-refractivity contribution in [3.8, 4) is 0 Å². The number of carbonyl (C=O) groups excluding carboxylic acids is 2. The van der Waals surface area contributed by atoms with Crippen molar-refractivity contribution < 1.29 is 14.0 Å². The van der Waals surface area contributed by atoms with E-state index in [0.717, 1.165) is 33.9 Å². The molecule has 146 valence electrons. The van der Waals surface area contributed by atoms with Gasteiger partial charge in [0.1, 0.15) is 5.76 Å². The molecule has 3 aliphatic rings. The van der Waals surface area contributed by atoms with Gasteiger partial charge in [-0.3, -0.25) is 9.59 Å². The maximum atomic E-state index is 13.4. The van der Waals surface area contributed by atoms with Crippen LogP contribution in [-0.4, -0.2) is 11.6 Å². The van der Waals surface area contributed by atoms with E-state index in [1.807, 2.05) is 66.7 Å². The number of rotatable bonds is 2. The van der Waals surface area contributed by atoms with Crippen LogP contribution < -0.4 is 5.32 Å². The second kappa shape index (κ2) is 6.42. The highest BCUT2D eigenvalue weighted by Crippen LogP contribution is 2.50. The van der Waals surface area contributed by atoms with Crippen molar-refractivity contribution in [2.24, 2.45) is 0 Å². The Balaban J connectivity index is 1.53. The van der Waals surface area contributed by atoms with Crippen LogP contribution >= 0.6 is 0 Å². The lowest BCUT2D eigenvalue weighted by molar-refractivity contribution is -0.116. The second-order valence-corrected chi connectivity index (χ2v) is 8.07. The van der Waals surface area contributed by atoms with Crippen molar-refractivity contribution in [2.45, 2.75) is 24.7 Å². The zero-order chi connectivity index (χ0) is 20.2. The number of benzene rings is 2. The summed E-state index contributed by atoms with van der Waals surface area (Å²) in [5.41, 5.74) is 5.75. The number of fused-ring (bicyclic) bond motifs is 2. The van der Waals surface area contributed by atoms with Crippen LogP contribution in [0.4, 0.5) is 0 Å². The normalized spacial score (nSPS) is 22.5. The molecule has 1 N–H and O–H groups in total. The molecule has 0 saturated heterocycles. The lowest BCUT2D eigenvalue weighted by Crippen LogP contribution is -2.33. The third-order valence-electron chi connectivity index (χ3n) is 6.39. The van der Waals surface area contributed by atoms with E-state index in [0.29, 0.717) is 24.0 Å². The van der Waals surface area contributed by atoms with Crippen LogP contribution in [0.3, 0.4) is 0 Å². The van der Waals surface area contributed by atoms with Gasteiger partial charge in [-0.05, 0) is 24.1 Å². The average molecular weight is 393 g/mol. The zero-order valence-electron chi connectivity index (χ0n) is 16.2. The number of dihydropyridines is 1. The van der Waals surface area contributed by atoms with Crippen molar-refractivity contribution in [3.05, 3.63) is 112 Å². The highest BCUT2D eigenvalue weighted by molar-refractivity contribution is 6.23. The van der Waals surface area contributed by atoms with Crippen molar-refractivity contribution >= 4 is 17.3 Å². The van der Waals surface area contributed by atoms with Gasteiger partial charge in [0.2, 0.25) is 0 Å². The minimum absolute atomic E-state index is 0.00433. The summed E-state index contributed by atoms with van der Waals surface area (Å²) in [4.78, 5) is 26.8. The Hall–Kier alpha value is -3.66. The molecule has 0 unspecified atom stereocenters. The number of nitrogens with one attached hydrogen (secondary N) is 1. The highest BCUT2D eigenvalue weighted by Gasteiger charge is 2.45. The molecule has 0 amide bonds. The molecule has 0 bridgehead atoms. The summed E-state index contributed by atoms with van der Waals surface area (Å²) >= 11 is 0. The summed E-state index contributed by atoms with van der Waals surface area (Å²) < 4.78 is 5.60. The van der Waals surface area contributed by atoms with Crippen molar-refractivity contribution in [3.63, 3.8) is 0 Å². The molecule has 0 spiro atoms. The standard InChI is InChI=1S/C26H19NO3/c28-20-14-16(21-11-6-12-30-21)13-19-23(20)22(15-7-2-1-3-8-15)24-25(27-19)17-9-4-5-10-18(17)26(24)29/h1-12,16,22,27H,13-14H2/t16-,22+/m0/s1. The van der Waals surface area contributed by atoms with Gasteiger partial charge in [-0.1, -0.05) is 54.6 Å². The van der Waals surface area contributed by atoms with E-state index in [1.54, 1.807) is 6.26 Å². The van der Waals surface area contributed by atoms with E-state index < -0.39 is 0 Å². The van der Waals surface area contributed by atoms with Crippen molar-refractivity contribution in [2.75, 3.05) is 0 Å². The van der Waals surface area contributed by atoms with Crippen LogP contribution in [0.25, 0.3) is 5.70 Å². The smallest absolute Gasteiger partial charge is 0.192 e. The van der Waals surface area contributed by atoms with Gasteiger partial charge in [-0.25, -0.2) is 0 Å². The number of furan rings is 1. The molecule has 0 radical (unpaired) electrons. The summed E-state index contributed by atoms with van der Waals surface area (Å²) in [7, 11) is 0. The first-order chi connectivity index (χ1) is 14.7. The first-order valence-electron chi connectivity index (χ1n) is 10.2. The number of Topliss-reactive ketones (excluding diaryl/α,β-unsaturated/α-hetero) is 2. The topological polar surface area (TPSA) is 59.3 Å². The average Bonchev–Trinajstić information content (AvgIpc) is 3.41. The fourth-order valence-corrected chi connectivity index (χ4v) is 5.10. The number of allylic oxidation sites excluding steroid dienone is 3. The molecule has 30 heavy (non-hydrogen) atoms. The predicted molar refractivity (Wildman–Crippen MR) is 113 cm³/mol. The molecule has 2 atom stereocenters. The molecule has 4 nitrogen and oxygen atoms in total. The van der Waals surface area contributed by atoms with Crippen molar-refractivity contribution in [1.29, 1.82) is 0 Å². The van der Waals surface area contributed by atoms with E-state index in [2.05, 4.69) is 5.32 Å². The van der Waals surface area contributed by atoms with E-state index >= 15 is 0 Å².